The molecule has 2 N–H and O–H groups in total. The first-order valence-electron chi connectivity index (χ1n) is 9.47. The average Bonchev–Trinajstić information content (AvgIpc) is 3.38. The van der Waals surface area contributed by atoms with E-state index in [0.29, 0.717) is 24.9 Å². The van der Waals surface area contributed by atoms with Gasteiger partial charge in [0, 0.05) is 31.8 Å². The predicted octanol–water partition coefficient (Wildman–Crippen LogP) is 3.22. The lowest BCUT2D eigenvalue weighted by Gasteiger charge is -2.10. The highest BCUT2D eigenvalue weighted by molar-refractivity contribution is 14.0. The fourth-order valence-electron chi connectivity index (χ4n) is 2.97. The molecule has 0 saturated heterocycles. The molecular formula is C21H24IN7O. The second-order valence-electron chi connectivity index (χ2n) is 6.66. The first kappa shape index (κ1) is 21.8. The summed E-state index contributed by atoms with van der Waals surface area (Å²) in [5.74, 6) is 2.21. The van der Waals surface area contributed by atoms with Crippen LogP contribution in [0.15, 0.2) is 64.3 Å². The number of benzene rings is 1. The molecule has 0 spiro atoms. The lowest BCUT2D eigenvalue weighted by Crippen LogP contribution is -2.38. The van der Waals surface area contributed by atoms with Gasteiger partial charge in [0.25, 0.3) is 0 Å². The van der Waals surface area contributed by atoms with Crippen molar-refractivity contribution < 1.29 is 4.42 Å². The minimum atomic E-state index is 0. The average molecular weight is 517 g/mol. The zero-order valence-electron chi connectivity index (χ0n) is 16.9. The molecule has 8 nitrogen and oxygen atoms in total. The molecule has 9 heteroatoms. The van der Waals surface area contributed by atoms with E-state index in [4.69, 9.17) is 4.42 Å². The summed E-state index contributed by atoms with van der Waals surface area (Å²) in [6, 6.07) is 14.0. The van der Waals surface area contributed by atoms with Crippen LogP contribution in [0, 0.1) is 6.92 Å². The van der Waals surface area contributed by atoms with Crippen LogP contribution in [0.3, 0.4) is 0 Å². The van der Waals surface area contributed by atoms with Crippen LogP contribution in [0.4, 0.5) is 0 Å². The number of nitrogens with zero attached hydrogens (tertiary/aromatic N) is 5. The second kappa shape index (κ2) is 10.2. The summed E-state index contributed by atoms with van der Waals surface area (Å²) in [4.78, 5) is 8.79. The van der Waals surface area contributed by atoms with Crippen LogP contribution < -0.4 is 10.6 Å². The fourth-order valence-corrected chi connectivity index (χ4v) is 2.97. The third kappa shape index (κ3) is 5.15. The van der Waals surface area contributed by atoms with Gasteiger partial charge in [-0.05, 0) is 31.2 Å². The third-order valence-corrected chi connectivity index (χ3v) is 4.54. The van der Waals surface area contributed by atoms with E-state index in [0.717, 1.165) is 29.1 Å². The number of rotatable bonds is 6. The van der Waals surface area contributed by atoms with E-state index >= 15 is 0 Å². The van der Waals surface area contributed by atoms with Crippen molar-refractivity contribution in [3.8, 4) is 11.5 Å². The molecule has 0 fully saturated rings. The summed E-state index contributed by atoms with van der Waals surface area (Å²) in [5, 5.41) is 14.9. The maximum Gasteiger partial charge on any atom is 0.226 e. The van der Waals surface area contributed by atoms with Gasteiger partial charge in [-0.25, -0.2) is 4.98 Å². The van der Waals surface area contributed by atoms with Gasteiger partial charge in [-0.15, -0.1) is 34.2 Å². The van der Waals surface area contributed by atoms with Gasteiger partial charge >= 0.3 is 0 Å². The first-order chi connectivity index (χ1) is 14.2. The van der Waals surface area contributed by atoms with Crippen molar-refractivity contribution in [2.45, 2.75) is 19.9 Å². The highest BCUT2D eigenvalue weighted by Crippen LogP contribution is 2.18. The van der Waals surface area contributed by atoms with E-state index in [-0.39, 0.29) is 24.0 Å². The largest absolute Gasteiger partial charge is 0.444 e. The number of pyridine rings is 1. The third-order valence-electron chi connectivity index (χ3n) is 4.54. The summed E-state index contributed by atoms with van der Waals surface area (Å²) in [6.45, 7) is 3.25. The molecule has 0 unspecified atom stereocenters. The molecule has 1 aromatic carbocycles. The van der Waals surface area contributed by atoms with Crippen LogP contribution in [-0.2, 0) is 13.0 Å². The van der Waals surface area contributed by atoms with E-state index in [9.17, 15) is 0 Å². The number of aromatic nitrogens is 4. The Balaban J connectivity index is 0.00000256. The van der Waals surface area contributed by atoms with Gasteiger partial charge in [0.05, 0.1) is 12.2 Å². The number of oxazole rings is 1. The highest BCUT2D eigenvalue weighted by Gasteiger charge is 2.08. The number of aryl methyl sites for hydroxylation is 1. The molecule has 3 heterocycles. The maximum atomic E-state index is 5.60. The molecule has 30 heavy (non-hydrogen) atoms. The molecule has 3 aromatic heterocycles. The molecule has 0 atom stereocenters. The SMILES string of the molecule is CN=C(NCCc1nnc2ccccn12)NCc1coc(-c2ccc(C)cc2)n1.I. The molecule has 156 valence electrons. The van der Waals surface area contributed by atoms with E-state index in [2.05, 4.69) is 37.7 Å². The molecule has 0 amide bonds. The second-order valence-corrected chi connectivity index (χ2v) is 6.66. The topological polar surface area (TPSA) is 92.6 Å². The smallest absolute Gasteiger partial charge is 0.226 e. The Labute approximate surface area is 191 Å². The van der Waals surface area contributed by atoms with Crippen molar-refractivity contribution in [2.24, 2.45) is 4.99 Å². The first-order valence-corrected chi connectivity index (χ1v) is 9.47. The summed E-state index contributed by atoms with van der Waals surface area (Å²) in [7, 11) is 1.74. The molecule has 4 aromatic rings. The number of hydrogen-bond donors (Lipinski definition) is 2. The Kier molecular flexibility index (Phi) is 7.39. The standard InChI is InChI=1S/C21H23N7O.HI/c1-15-6-8-16(9-7-15)20-25-17(14-29-20)13-24-21(22-2)23-11-10-19-27-26-18-5-3-4-12-28(18)19;/h3-9,12,14H,10-11,13H2,1-2H3,(H2,22,23,24);1H. The zero-order valence-corrected chi connectivity index (χ0v) is 19.2. The molecule has 0 aliphatic rings. The Morgan fingerprint density at radius 3 is 2.73 bits per heavy atom. The Bertz CT molecular complexity index is 1120. The van der Waals surface area contributed by atoms with Gasteiger partial charge in [0.1, 0.15) is 12.1 Å². The van der Waals surface area contributed by atoms with Crippen molar-refractivity contribution in [1.29, 1.82) is 0 Å². The summed E-state index contributed by atoms with van der Waals surface area (Å²) in [5.41, 5.74) is 3.83. The molecule has 0 saturated carbocycles. The minimum Gasteiger partial charge on any atom is -0.444 e. The Hall–Kier alpha value is -2.95. The van der Waals surface area contributed by atoms with Gasteiger partial charge in [-0.3, -0.25) is 9.39 Å². The van der Waals surface area contributed by atoms with Crippen molar-refractivity contribution in [2.75, 3.05) is 13.6 Å². The van der Waals surface area contributed by atoms with Crippen molar-refractivity contribution >= 4 is 35.6 Å². The van der Waals surface area contributed by atoms with Crippen molar-refractivity contribution in [3.63, 3.8) is 0 Å². The molecule has 0 aliphatic heterocycles. The lowest BCUT2D eigenvalue weighted by atomic mass is 10.1. The van der Waals surface area contributed by atoms with Crippen LogP contribution in [0.5, 0.6) is 0 Å². The Morgan fingerprint density at radius 2 is 1.93 bits per heavy atom. The minimum absolute atomic E-state index is 0. The number of aliphatic imine (C=N–C) groups is 1. The van der Waals surface area contributed by atoms with Gasteiger partial charge in [0.15, 0.2) is 11.6 Å². The molecule has 4 rings (SSSR count). The maximum absolute atomic E-state index is 5.60. The van der Waals surface area contributed by atoms with Gasteiger partial charge in [0.2, 0.25) is 5.89 Å². The van der Waals surface area contributed by atoms with Crippen molar-refractivity contribution in [1.82, 2.24) is 30.2 Å². The summed E-state index contributed by atoms with van der Waals surface area (Å²) >= 11 is 0. The van der Waals surface area contributed by atoms with E-state index in [1.54, 1.807) is 13.3 Å². The number of nitrogens with one attached hydrogen (secondary N) is 2. The number of guanidine groups is 1. The fraction of sp³-hybridized carbons (Fsp3) is 0.238. The quantitative estimate of drug-likeness (QED) is 0.232. The molecule has 0 radical (unpaired) electrons. The van der Waals surface area contributed by atoms with Crippen LogP contribution in [0.25, 0.3) is 17.1 Å². The van der Waals surface area contributed by atoms with Gasteiger partial charge < -0.3 is 15.1 Å². The number of hydrogen-bond acceptors (Lipinski definition) is 5. The normalized spacial score (nSPS) is 11.3. The molecular weight excluding hydrogens is 493 g/mol. The molecule has 0 bridgehead atoms. The van der Waals surface area contributed by atoms with Crippen LogP contribution in [0.1, 0.15) is 17.1 Å². The van der Waals surface area contributed by atoms with E-state index in [1.165, 1.54) is 5.56 Å². The number of halogens is 1. The lowest BCUT2D eigenvalue weighted by molar-refractivity contribution is 0.572. The monoisotopic (exact) mass is 517 g/mol. The van der Waals surface area contributed by atoms with Crippen LogP contribution in [-0.4, -0.2) is 39.1 Å². The zero-order chi connectivity index (χ0) is 20.1. The molecule has 0 aliphatic carbocycles. The highest BCUT2D eigenvalue weighted by atomic mass is 127. The van der Waals surface area contributed by atoms with E-state index < -0.39 is 0 Å². The van der Waals surface area contributed by atoms with E-state index in [1.807, 2.05) is 53.1 Å². The summed E-state index contributed by atoms with van der Waals surface area (Å²) in [6.07, 6.45) is 4.36. The summed E-state index contributed by atoms with van der Waals surface area (Å²) < 4.78 is 7.58. The Morgan fingerprint density at radius 1 is 1.10 bits per heavy atom. The number of fused-ring (bicyclic) bond motifs is 1. The van der Waals surface area contributed by atoms with Crippen molar-refractivity contribution in [3.05, 3.63) is 72.0 Å². The predicted molar refractivity (Wildman–Crippen MR) is 127 cm³/mol. The van der Waals surface area contributed by atoms with Gasteiger partial charge in [-0.1, -0.05) is 23.8 Å². The van der Waals surface area contributed by atoms with Gasteiger partial charge in [-0.2, -0.15) is 0 Å². The van der Waals surface area contributed by atoms with Crippen LogP contribution in [0.2, 0.25) is 0 Å². The van der Waals surface area contributed by atoms with Crippen LogP contribution >= 0.6 is 24.0 Å².